The van der Waals surface area contributed by atoms with Gasteiger partial charge >= 0.3 is 0 Å². The molecule has 8 heteroatoms. The van der Waals surface area contributed by atoms with Crippen LogP contribution in [0.4, 0.5) is 17.5 Å². The van der Waals surface area contributed by atoms with Crippen molar-refractivity contribution < 1.29 is 0 Å². The Labute approximate surface area is 201 Å². The van der Waals surface area contributed by atoms with Gasteiger partial charge in [-0.05, 0) is 88.2 Å². The third kappa shape index (κ3) is 5.62. The first kappa shape index (κ1) is 23.1. The van der Waals surface area contributed by atoms with Gasteiger partial charge in [-0.15, -0.1) is 0 Å². The second-order valence-electron chi connectivity index (χ2n) is 9.15. The number of fused-ring (bicyclic) bond motifs is 1. The molecule has 1 fully saturated rings. The number of nitrogens with zero attached hydrogens (tertiary/aromatic N) is 3. The molecule has 0 saturated heterocycles. The number of halogens is 1. The van der Waals surface area contributed by atoms with Crippen LogP contribution in [0.15, 0.2) is 18.2 Å². The van der Waals surface area contributed by atoms with Crippen LogP contribution in [0.1, 0.15) is 55.3 Å². The second kappa shape index (κ2) is 10.2. The summed E-state index contributed by atoms with van der Waals surface area (Å²) in [6.45, 7) is 1.99. The molecule has 1 aromatic carbocycles. The fourth-order valence-corrected chi connectivity index (χ4v) is 5.06. The molecule has 1 aromatic heterocycles. The number of anilines is 3. The first-order valence-corrected chi connectivity index (χ1v) is 12.3. The Morgan fingerprint density at radius 3 is 2.50 bits per heavy atom. The van der Waals surface area contributed by atoms with E-state index in [2.05, 4.69) is 34.9 Å². The van der Waals surface area contributed by atoms with Gasteiger partial charge in [-0.3, -0.25) is 0 Å². The van der Waals surface area contributed by atoms with Crippen LogP contribution in [-0.2, 0) is 12.8 Å². The summed E-state index contributed by atoms with van der Waals surface area (Å²) < 4.78 is 0. The second-order valence-corrected chi connectivity index (χ2v) is 9.97. The molecule has 3 N–H and O–H groups in total. The maximum atomic E-state index is 6.21. The van der Waals surface area contributed by atoms with Crippen LogP contribution >= 0.6 is 23.8 Å². The summed E-state index contributed by atoms with van der Waals surface area (Å²) in [5, 5.41) is 11.7. The first-order chi connectivity index (χ1) is 15.4. The van der Waals surface area contributed by atoms with Crippen molar-refractivity contribution in [3.63, 3.8) is 0 Å². The summed E-state index contributed by atoms with van der Waals surface area (Å²) in [6.07, 6.45) is 8.83. The maximum Gasteiger partial charge on any atom is 0.225 e. The van der Waals surface area contributed by atoms with Gasteiger partial charge in [0.25, 0.3) is 0 Å². The zero-order valence-electron chi connectivity index (χ0n) is 19.2. The number of nitrogens with one attached hydrogen (secondary N) is 3. The minimum Gasteiger partial charge on any atom is -0.362 e. The standard InChI is InChI=1S/C24H33ClN6S/c1-15-8-9-18(14-20(15)25)28-24(32)27-17-12-10-16(11-13-17)26-23-29-21-7-5-4-6-19(21)22(30-23)31(2)3/h8-9,14,16-17H,4-7,10-13H2,1-3H3,(H,26,29,30)(H2,27,28,32). The Bertz CT molecular complexity index is 971. The van der Waals surface area contributed by atoms with E-state index in [1.807, 2.05) is 25.1 Å². The molecule has 0 bridgehead atoms. The number of benzene rings is 1. The first-order valence-electron chi connectivity index (χ1n) is 11.6. The smallest absolute Gasteiger partial charge is 0.225 e. The lowest BCUT2D eigenvalue weighted by Gasteiger charge is -2.31. The van der Waals surface area contributed by atoms with E-state index in [0.717, 1.165) is 66.6 Å². The molecule has 0 atom stereocenters. The van der Waals surface area contributed by atoms with Crippen LogP contribution in [0.25, 0.3) is 0 Å². The summed E-state index contributed by atoms with van der Waals surface area (Å²) in [4.78, 5) is 11.8. The number of hydrogen-bond acceptors (Lipinski definition) is 5. The highest BCUT2D eigenvalue weighted by atomic mass is 35.5. The molecule has 1 heterocycles. The van der Waals surface area contributed by atoms with Gasteiger partial charge in [-0.1, -0.05) is 17.7 Å². The van der Waals surface area contributed by atoms with Gasteiger partial charge in [0.15, 0.2) is 5.11 Å². The molecule has 172 valence electrons. The van der Waals surface area contributed by atoms with Crippen molar-refractivity contribution in [1.29, 1.82) is 0 Å². The third-order valence-corrected chi connectivity index (χ3v) is 7.04. The highest BCUT2D eigenvalue weighted by Gasteiger charge is 2.24. The number of rotatable bonds is 5. The average molecular weight is 473 g/mol. The van der Waals surface area contributed by atoms with Gasteiger partial charge in [-0.25, -0.2) is 4.98 Å². The molecule has 2 aromatic rings. The van der Waals surface area contributed by atoms with Crippen molar-refractivity contribution in [3.8, 4) is 0 Å². The molecule has 0 radical (unpaired) electrons. The predicted molar refractivity (Wildman–Crippen MR) is 138 cm³/mol. The highest BCUT2D eigenvalue weighted by Crippen LogP contribution is 2.29. The molecular weight excluding hydrogens is 440 g/mol. The molecule has 0 amide bonds. The van der Waals surface area contributed by atoms with Crippen molar-refractivity contribution in [1.82, 2.24) is 15.3 Å². The largest absolute Gasteiger partial charge is 0.362 e. The summed E-state index contributed by atoms with van der Waals surface area (Å²) in [5.74, 6) is 1.85. The molecule has 0 unspecified atom stereocenters. The molecule has 6 nitrogen and oxygen atoms in total. The summed E-state index contributed by atoms with van der Waals surface area (Å²) >= 11 is 11.7. The van der Waals surface area contributed by atoms with Crippen LogP contribution in [0.5, 0.6) is 0 Å². The summed E-state index contributed by atoms with van der Waals surface area (Å²) in [6, 6.07) is 6.66. The maximum absolute atomic E-state index is 6.21. The van der Waals surface area contributed by atoms with E-state index in [9.17, 15) is 0 Å². The summed E-state index contributed by atoms with van der Waals surface area (Å²) in [7, 11) is 4.14. The van der Waals surface area contributed by atoms with Crippen LogP contribution in [0.2, 0.25) is 5.02 Å². The predicted octanol–water partition coefficient (Wildman–Crippen LogP) is 5.09. The van der Waals surface area contributed by atoms with Crippen LogP contribution in [0, 0.1) is 6.92 Å². The average Bonchev–Trinajstić information content (AvgIpc) is 2.77. The van der Waals surface area contributed by atoms with Crippen molar-refractivity contribution in [2.75, 3.05) is 29.6 Å². The van der Waals surface area contributed by atoms with Crippen molar-refractivity contribution in [2.24, 2.45) is 0 Å². The Balaban J connectivity index is 1.30. The third-order valence-electron chi connectivity index (χ3n) is 6.41. The lowest BCUT2D eigenvalue weighted by Crippen LogP contribution is -2.42. The molecule has 2 aliphatic rings. The number of hydrogen-bond donors (Lipinski definition) is 3. The summed E-state index contributed by atoms with van der Waals surface area (Å²) in [5.41, 5.74) is 4.52. The highest BCUT2D eigenvalue weighted by molar-refractivity contribution is 7.80. The molecule has 32 heavy (non-hydrogen) atoms. The fraction of sp³-hybridized carbons (Fsp3) is 0.542. The van der Waals surface area contributed by atoms with Gasteiger partial charge in [0.2, 0.25) is 5.95 Å². The van der Waals surface area contributed by atoms with Crippen molar-refractivity contribution >= 4 is 46.4 Å². The Kier molecular flexibility index (Phi) is 7.36. The van der Waals surface area contributed by atoms with Crippen LogP contribution in [0.3, 0.4) is 0 Å². The molecule has 4 rings (SSSR count). The van der Waals surface area contributed by atoms with E-state index < -0.39 is 0 Å². The van der Waals surface area contributed by atoms with E-state index in [-0.39, 0.29) is 0 Å². The minimum absolute atomic E-state index is 0.371. The zero-order valence-corrected chi connectivity index (χ0v) is 20.7. The topological polar surface area (TPSA) is 65.1 Å². The van der Waals surface area contributed by atoms with Crippen molar-refractivity contribution in [3.05, 3.63) is 40.0 Å². The van der Waals surface area contributed by atoms with E-state index in [1.165, 1.54) is 24.1 Å². The minimum atomic E-state index is 0.371. The number of aryl methyl sites for hydroxylation is 2. The Morgan fingerprint density at radius 2 is 1.78 bits per heavy atom. The monoisotopic (exact) mass is 472 g/mol. The van der Waals surface area contributed by atoms with E-state index in [0.29, 0.717) is 17.2 Å². The molecule has 2 aliphatic carbocycles. The lowest BCUT2D eigenvalue weighted by molar-refractivity contribution is 0.387. The Hall–Kier alpha value is -2.12. The van der Waals surface area contributed by atoms with Gasteiger partial charge in [0, 0.05) is 42.5 Å². The van der Waals surface area contributed by atoms with Gasteiger partial charge in [0.05, 0.1) is 5.69 Å². The van der Waals surface area contributed by atoms with Crippen molar-refractivity contribution in [2.45, 2.75) is 70.4 Å². The molecule has 1 saturated carbocycles. The van der Waals surface area contributed by atoms with Crippen LogP contribution < -0.4 is 20.9 Å². The molecular formula is C24H33ClN6S. The zero-order chi connectivity index (χ0) is 22.7. The van der Waals surface area contributed by atoms with Crippen LogP contribution in [-0.4, -0.2) is 41.3 Å². The van der Waals surface area contributed by atoms with E-state index in [4.69, 9.17) is 33.8 Å². The molecule has 0 aliphatic heterocycles. The van der Waals surface area contributed by atoms with Gasteiger partial charge < -0.3 is 20.9 Å². The SMILES string of the molecule is Cc1ccc(NC(=S)NC2CCC(Nc3nc4c(c(N(C)C)n3)CCCC4)CC2)cc1Cl. The Morgan fingerprint density at radius 1 is 1.06 bits per heavy atom. The van der Waals surface area contributed by atoms with E-state index >= 15 is 0 Å². The van der Waals surface area contributed by atoms with E-state index in [1.54, 1.807) is 0 Å². The quantitative estimate of drug-likeness (QED) is 0.523. The number of aromatic nitrogens is 2. The lowest BCUT2D eigenvalue weighted by atomic mass is 9.91. The normalized spacial score (nSPS) is 20.2. The molecule has 0 spiro atoms. The van der Waals surface area contributed by atoms with Gasteiger partial charge in [0.1, 0.15) is 5.82 Å². The van der Waals surface area contributed by atoms with Gasteiger partial charge in [-0.2, -0.15) is 4.98 Å². The number of thiocarbonyl (C=S) groups is 1. The fourth-order valence-electron chi connectivity index (χ4n) is 4.60.